The standard InChI is InChI=1S/C14H11ClN2O3/c1-10(18)16(12-4-2-11(15)3-5-12)13-6-8-14(9-7-13)17(19)20/h2-9H,1H3. The number of halogens is 1. The summed E-state index contributed by atoms with van der Waals surface area (Å²) >= 11 is 5.82. The van der Waals surface area contributed by atoms with Gasteiger partial charge in [-0.3, -0.25) is 19.8 Å². The van der Waals surface area contributed by atoms with E-state index in [9.17, 15) is 14.9 Å². The van der Waals surface area contributed by atoms with Crippen LogP contribution in [0, 0.1) is 10.1 Å². The molecule has 0 spiro atoms. The first kappa shape index (κ1) is 14.0. The number of nitrogens with zero attached hydrogens (tertiary/aromatic N) is 2. The van der Waals surface area contributed by atoms with E-state index in [-0.39, 0.29) is 11.6 Å². The van der Waals surface area contributed by atoms with Gasteiger partial charge in [0, 0.05) is 35.5 Å². The van der Waals surface area contributed by atoms with Crippen molar-refractivity contribution in [2.45, 2.75) is 6.92 Å². The monoisotopic (exact) mass is 290 g/mol. The highest BCUT2D eigenvalue weighted by atomic mass is 35.5. The molecule has 2 rings (SSSR count). The molecule has 0 radical (unpaired) electrons. The van der Waals surface area contributed by atoms with Crippen LogP contribution >= 0.6 is 11.6 Å². The van der Waals surface area contributed by atoms with Gasteiger partial charge in [-0.25, -0.2) is 0 Å². The van der Waals surface area contributed by atoms with E-state index >= 15 is 0 Å². The maximum atomic E-state index is 11.8. The van der Waals surface area contributed by atoms with E-state index in [0.29, 0.717) is 16.4 Å². The van der Waals surface area contributed by atoms with Crippen molar-refractivity contribution >= 4 is 34.6 Å². The Kier molecular flexibility index (Phi) is 4.00. The molecular weight excluding hydrogens is 280 g/mol. The van der Waals surface area contributed by atoms with Crippen LogP contribution in [0.4, 0.5) is 17.1 Å². The van der Waals surface area contributed by atoms with E-state index in [0.717, 1.165) is 0 Å². The van der Waals surface area contributed by atoms with E-state index in [2.05, 4.69) is 0 Å². The molecule has 0 unspecified atom stereocenters. The van der Waals surface area contributed by atoms with Crippen LogP contribution in [0.25, 0.3) is 0 Å². The average Bonchev–Trinajstić information content (AvgIpc) is 2.41. The van der Waals surface area contributed by atoms with Crippen molar-refractivity contribution < 1.29 is 9.72 Å². The topological polar surface area (TPSA) is 63.5 Å². The molecule has 1 amide bonds. The van der Waals surface area contributed by atoms with Gasteiger partial charge in [-0.2, -0.15) is 0 Å². The predicted octanol–water partition coefficient (Wildman–Crippen LogP) is 3.93. The van der Waals surface area contributed by atoms with Crippen molar-refractivity contribution in [1.29, 1.82) is 0 Å². The van der Waals surface area contributed by atoms with Gasteiger partial charge in [0.05, 0.1) is 4.92 Å². The molecule has 6 heteroatoms. The third kappa shape index (κ3) is 2.95. The van der Waals surface area contributed by atoms with Crippen molar-refractivity contribution in [1.82, 2.24) is 0 Å². The van der Waals surface area contributed by atoms with Crippen LogP contribution in [0.15, 0.2) is 48.5 Å². The fourth-order valence-corrected chi connectivity index (χ4v) is 1.95. The number of anilines is 2. The highest BCUT2D eigenvalue weighted by molar-refractivity contribution is 6.30. The Bertz CT molecular complexity index is 638. The van der Waals surface area contributed by atoms with E-state index in [1.807, 2.05) is 0 Å². The number of amides is 1. The van der Waals surface area contributed by atoms with Crippen LogP contribution < -0.4 is 4.90 Å². The van der Waals surface area contributed by atoms with E-state index in [1.54, 1.807) is 24.3 Å². The molecule has 0 aromatic heterocycles. The summed E-state index contributed by atoms with van der Waals surface area (Å²) in [4.78, 5) is 23.4. The lowest BCUT2D eigenvalue weighted by Gasteiger charge is -2.21. The molecule has 0 bridgehead atoms. The molecule has 0 atom stereocenters. The summed E-state index contributed by atoms with van der Waals surface area (Å²) in [6.07, 6.45) is 0. The number of carbonyl (C=O) groups excluding carboxylic acids is 1. The minimum Gasteiger partial charge on any atom is -0.281 e. The minimum atomic E-state index is -0.482. The van der Waals surface area contributed by atoms with E-state index in [4.69, 9.17) is 11.6 Å². The molecule has 2 aromatic rings. The maximum absolute atomic E-state index is 11.8. The van der Waals surface area contributed by atoms with Gasteiger partial charge in [-0.05, 0) is 36.4 Å². The first-order valence-corrected chi connectivity index (χ1v) is 6.17. The van der Waals surface area contributed by atoms with Gasteiger partial charge in [0.2, 0.25) is 5.91 Å². The van der Waals surface area contributed by atoms with Crippen molar-refractivity contribution in [3.05, 3.63) is 63.7 Å². The number of nitro groups is 1. The summed E-state index contributed by atoms with van der Waals surface area (Å²) in [5.41, 5.74) is 1.19. The number of nitro benzene ring substituents is 1. The lowest BCUT2D eigenvalue weighted by Crippen LogP contribution is -2.22. The maximum Gasteiger partial charge on any atom is 0.269 e. The summed E-state index contributed by atoms with van der Waals surface area (Å²) in [5.74, 6) is -0.193. The number of hydrogen-bond acceptors (Lipinski definition) is 3. The Hall–Kier alpha value is -2.40. The van der Waals surface area contributed by atoms with Crippen molar-refractivity contribution in [3.63, 3.8) is 0 Å². The summed E-state index contributed by atoms with van der Waals surface area (Å²) in [7, 11) is 0. The second-order valence-corrected chi connectivity index (χ2v) is 4.54. The zero-order valence-electron chi connectivity index (χ0n) is 10.6. The average molecular weight is 291 g/mol. The summed E-state index contributed by atoms with van der Waals surface area (Å²) in [6, 6.07) is 12.6. The molecule has 0 N–H and O–H groups in total. The van der Waals surface area contributed by atoms with Gasteiger partial charge in [0.15, 0.2) is 0 Å². The van der Waals surface area contributed by atoms with Crippen molar-refractivity contribution in [2.75, 3.05) is 4.90 Å². The second-order valence-electron chi connectivity index (χ2n) is 4.10. The Morgan fingerprint density at radius 3 is 1.90 bits per heavy atom. The summed E-state index contributed by atoms with van der Waals surface area (Å²) < 4.78 is 0. The molecule has 0 saturated heterocycles. The van der Waals surface area contributed by atoms with Gasteiger partial charge in [-0.1, -0.05) is 11.6 Å². The Balaban J connectivity index is 2.40. The molecule has 0 aliphatic carbocycles. The molecule has 0 aliphatic heterocycles. The fraction of sp³-hybridized carbons (Fsp3) is 0.0714. The van der Waals surface area contributed by atoms with Crippen LogP contribution in [0.1, 0.15) is 6.92 Å². The van der Waals surface area contributed by atoms with Crippen LogP contribution in [0.2, 0.25) is 5.02 Å². The normalized spacial score (nSPS) is 10.1. The Labute approximate surface area is 120 Å². The molecule has 0 heterocycles. The summed E-state index contributed by atoms with van der Waals surface area (Å²) in [6.45, 7) is 1.43. The van der Waals surface area contributed by atoms with Gasteiger partial charge in [0.1, 0.15) is 0 Å². The number of rotatable bonds is 3. The highest BCUT2D eigenvalue weighted by Crippen LogP contribution is 2.28. The molecule has 0 fully saturated rings. The van der Waals surface area contributed by atoms with Gasteiger partial charge >= 0.3 is 0 Å². The molecular formula is C14H11ClN2O3. The third-order valence-corrected chi connectivity index (χ3v) is 2.97. The molecule has 5 nitrogen and oxygen atoms in total. The zero-order chi connectivity index (χ0) is 14.7. The van der Waals surface area contributed by atoms with E-state index < -0.39 is 4.92 Å². The van der Waals surface area contributed by atoms with Gasteiger partial charge in [0.25, 0.3) is 5.69 Å². The smallest absolute Gasteiger partial charge is 0.269 e. The molecule has 20 heavy (non-hydrogen) atoms. The number of benzene rings is 2. The van der Waals surface area contributed by atoms with E-state index in [1.165, 1.54) is 36.1 Å². The molecule has 0 saturated carbocycles. The fourth-order valence-electron chi connectivity index (χ4n) is 1.83. The number of hydrogen-bond donors (Lipinski definition) is 0. The number of non-ortho nitro benzene ring substituents is 1. The van der Waals surface area contributed by atoms with Crippen molar-refractivity contribution in [3.8, 4) is 0 Å². The highest BCUT2D eigenvalue weighted by Gasteiger charge is 2.15. The molecule has 2 aromatic carbocycles. The molecule has 102 valence electrons. The third-order valence-electron chi connectivity index (χ3n) is 2.72. The second kappa shape index (κ2) is 5.71. The lowest BCUT2D eigenvalue weighted by molar-refractivity contribution is -0.384. The lowest BCUT2D eigenvalue weighted by atomic mass is 10.2. The quantitative estimate of drug-likeness (QED) is 0.635. The Morgan fingerprint density at radius 2 is 1.50 bits per heavy atom. The first-order chi connectivity index (χ1) is 9.49. The van der Waals surface area contributed by atoms with Crippen LogP contribution in [-0.4, -0.2) is 10.8 Å². The Morgan fingerprint density at radius 1 is 1.05 bits per heavy atom. The molecule has 0 aliphatic rings. The SMILES string of the molecule is CC(=O)N(c1ccc(Cl)cc1)c1ccc([N+](=O)[O-])cc1. The van der Waals surface area contributed by atoms with Crippen LogP contribution in [0.5, 0.6) is 0 Å². The number of carbonyl (C=O) groups is 1. The largest absolute Gasteiger partial charge is 0.281 e. The predicted molar refractivity (Wildman–Crippen MR) is 77.4 cm³/mol. The minimum absolute atomic E-state index is 0.0200. The first-order valence-electron chi connectivity index (χ1n) is 5.80. The van der Waals surface area contributed by atoms with Crippen LogP contribution in [-0.2, 0) is 4.79 Å². The van der Waals surface area contributed by atoms with Gasteiger partial charge < -0.3 is 0 Å². The summed E-state index contributed by atoms with van der Waals surface area (Å²) in [5, 5.41) is 11.2. The zero-order valence-corrected chi connectivity index (χ0v) is 11.4. The van der Waals surface area contributed by atoms with Gasteiger partial charge in [-0.15, -0.1) is 0 Å². The van der Waals surface area contributed by atoms with Crippen LogP contribution in [0.3, 0.4) is 0 Å². The van der Waals surface area contributed by atoms with Crippen molar-refractivity contribution in [2.24, 2.45) is 0 Å².